The van der Waals surface area contributed by atoms with Gasteiger partial charge in [0.15, 0.2) is 0 Å². The minimum Gasteiger partial charge on any atom is -0.493 e. The normalized spacial score (nSPS) is 33.9. The van der Waals surface area contributed by atoms with Crippen molar-refractivity contribution in [2.45, 2.75) is 31.7 Å². The van der Waals surface area contributed by atoms with Gasteiger partial charge in [0.25, 0.3) is 0 Å². The molecule has 2 bridgehead atoms. The first-order valence-corrected chi connectivity index (χ1v) is 7.54. The molecule has 2 saturated carbocycles. The second-order valence-electron chi connectivity index (χ2n) is 6.35. The molecule has 4 rings (SSSR count). The van der Waals surface area contributed by atoms with Crippen LogP contribution in [0.4, 0.5) is 5.69 Å². The van der Waals surface area contributed by atoms with Gasteiger partial charge in [-0.25, -0.2) is 0 Å². The highest BCUT2D eigenvalue weighted by atomic mass is 16.5. The van der Waals surface area contributed by atoms with Crippen LogP contribution < -0.4 is 15.8 Å². The summed E-state index contributed by atoms with van der Waals surface area (Å²) in [5.41, 5.74) is 8.28. The number of hydrogen-bond acceptors (Lipinski definition) is 3. The molecule has 1 heterocycles. The number of anilines is 1. The molecule has 4 unspecified atom stereocenters. The Morgan fingerprint density at radius 1 is 1.30 bits per heavy atom. The van der Waals surface area contributed by atoms with E-state index >= 15 is 0 Å². The zero-order chi connectivity index (χ0) is 13.7. The number of carbonyl (C=O) groups excluding carboxylic acids is 1. The molecule has 1 aliphatic heterocycles. The summed E-state index contributed by atoms with van der Waals surface area (Å²) in [7, 11) is 0. The monoisotopic (exact) mass is 272 g/mol. The van der Waals surface area contributed by atoms with Gasteiger partial charge in [-0.1, -0.05) is 0 Å². The van der Waals surface area contributed by atoms with Gasteiger partial charge in [0.1, 0.15) is 5.75 Å². The zero-order valence-corrected chi connectivity index (χ0v) is 11.5. The predicted octanol–water partition coefficient (Wildman–Crippen LogP) is 1.93. The molecule has 1 amide bonds. The molecule has 4 nitrogen and oxygen atoms in total. The lowest BCUT2D eigenvalue weighted by Crippen LogP contribution is -2.42. The maximum absolute atomic E-state index is 12.5. The van der Waals surface area contributed by atoms with Crippen LogP contribution in [0, 0.1) is 17.8 Å². The largest absolute Gasteiger partial charge is 0.493 e. The third-order valence-electron chi connectivity index (χ3n) is 5.24. The van der Waals surface area contributed by atoms with Gasteiger partial charge in [-0.3, -0.25) is 4.79 Å². The molecule has 4 atom stereocenters. The number of rotatable bonds is 2. The van der Waals surface area contributed by atoms with E-state index < -0.39 is 0 Å². The Kier molecular flexibility index (Phi) is 2.74. The quantitative estimate of drug-likeness (QED) is 0.864. The molecule has 4 heteroatoms. The average molecular weight is 272 g/mol. The van der Waals surface area contributed by atoms with Crippen molar-refractivity contribution in [1.29, 1.82) is 0 Å². The Morgan fingerprint density at radius 3 is 2.95 bits per heavy atom. The van der Waals surface area contributed by atoms with Crippen molar-refractivity contribution in [2.75, 3.05) is 11.9 Å². The molecule has 20 heavy (non-hydrogen) atoms. The highest BCUT2D eigenvalue weighted by Crippen LogP contribution is 2.48. The second-order valence-corrected chi connectivity index (χ2v) is 6.35. The zero-order valence-electron chi connectivity index (χ0n) is 11.5. The van der Waals surface area contributed by atoms with Crippen molar-refractivity contribution in [3.05, 3.63) is 23.8 Å². The van der Waals surface area contributed by atoms with E-state index in [0.29, 0.717) is 11.8 Å². The Morgan fingerprint density at radius 2 is 2.15 bits per heavy atom. The summed E-state index contributed by atoms with van der Waals surface area (Å²) in [6, 6.07) is 5.94. The number of amides is 1. The van der Waals surface area contributed by atoms with E-state index in [1.165, 1.54) is 12.0 Å². The Labute approximate surface area is 118 Å². The summed E-state index contributed by atoms with van der Waals surface area (Å²) in [4.78, 5) is 12.5. The van der Waals surface area contributed by atoms with Gasteiger partial charge in [0.2, 0.25) is 5.91 Å². The Bertz CT molecular complexity index is 555. The summed E-state index contributed by atoms with van der Waals surface area (Å²) in [6.07, 6.45) is 4.42. The van der Waals surface area contributed by atoms with Gasteiger partial charge >= 0.3 is 0 Å². The Balaban J connectivity index is 1.50. The lowest BCUT2D eigenvalue weighted by molar-refractivity contribution is -0.121. The molecule has 2 fully saturated rings. The lowest BCUT2D eigenvalue weighted by Gasteiger charge is -2.27. The van der Waals surface area contributed by atoms with Gasteiger partial charge in [-0.15, -0.1) is 0 Å². The summed E-state index contributed by atoms with van der Waals surface area (Å²) in [5, 5.41) is 3.05. The van der Waals surface area contributed by atoms with Crippen LogP contribution in [0.2, 0.25) is 0 Å². The van der Waals surface area contributed by atoms with Crippen molar-refractivity contribution in [3.63, 3.8) is 0 Å². The topological polar surface area (TPSA) is 64.4 Å². The predicted molar refractivity (Wildman–Crippen MR) is 76.6 cm³/mol. The van der Waals surface area contributed by atoms with E-state index in [-0.39, 0.29) is 17.9 Å². The number of ether oxygens (including phenoxy) is 1. The maximum Gasteiger partial charge on any atom is 0.229 e. The average Bonchev–Trinajstić information content (AvgIpc) is 3.12. The highest BCUT2D eigenvalue weighted by Gasteiger charge is 2.49. The molecule has 1 aromatic carbocycles. The van der Waals surface area contributed by atoms with Crippen molar-refractivity contribution in [1.82, 2.24) is 0 Å². The van der Waals surface area contributed by atoms with E-state index in [9.17, 15) is 4.79 Å². The minimum absolute atomic E-state index is 0.00162. The molecule has 3 N–H and O–H groups in total. The molecule has 0 aromatic heterocycles. The minimum atomic E-state index is -0.00162. The van der Waals surface area contributed by atoms with Gasteiger partial charge < -0.3 is 15.8 Å². The summed E-state index contributed by atoms with van der Waals surface area (Å²) >= 11 is 0. The second kappa shape index (κ2) is 4.48. The summed E-state index contributed by atoms with van der Waals surface area (Å²) < 4.78 is 5.48. The van der Waals surface area contributed by atoms with Crippen molar-refractivity contribution in [2.24, 2.45) is 23.5 Å². The molecule has 2 aliphatic carbocycles. The first-order chi connectivity index (χ1) is 9.72. The lowest BCUT2D eigenvalue weighted by atomic mass is 9.84. The Hall–Kier alpha value is -1.55. The highest BCUT2D eigenvalue weighted by molar-refractivity contribution is 5.93. The maximum atomic E-state index is 12.5. The van der Waals surface area contributed by atoms with E-state index in [0.717, 1.165) is 37.3 Å². The molecule has 106 valence electrons. The third-order valence-corrected chi connectivity index (χ3v) is 5.24. The van der Waals surface area contributed by atoms with Crippen LogP contribution in [0.1, 0.15) is 24.8 Å². The molecule has 0 saturated heterocycles. The first kappa shape index (κ1) is 12.2. The third kappa shape index (κ3) is 1.82. The summed E-state index contributed by atoms with van der Waals surface area (Å²) in [6.45, 7) is 0.740. The van der Waals surface area contributed by atoms with Gasteiger partial charge in [0, 0.05) is 18.2 Å². The molecule has 3 aliphatic rings. The first-order valence-electron chi connectivity index (χ1n) is 7.54. The van der Waals surface area contributed by atoms with Gasteiger partial charge in [-0.2, -0.15) is 0 Å². The van der Waals surface area contributed by atoms with Crippen LogP contribution in [0.25, 0.3) is 0 Å². The van der Waals surface area contributed by atoms with Crippen molar-refractivity contribution >= 4 is 11.6 Å². The molecule has 0 radical (unpaired) electrons. The van der Waals surface area contributed by atoms with E-state index in [2.05, 4.69) is 5.32 Å². The summed E-state index contributed by atoms with van der Waals surface area (Å²) in [5.74, 6) is 2.10. The number of fused-ring (bicyclic) bond motifs is 3. The van der Waals surface area contributed by atoms with Gasteiger partial charge in [0.05, 0.1) is 12.5 Å². The van der Waals surface area contributed by atoms with Crippen LogP contribution in [-0.2, 0) is 11.2 Å². The van der Waals surface area contributed by atoms with Crippen LogP contribution >= 0.6 is 0 Å². The smallest absolute Gasteiger partial charge is 0.229 e. The van der Waals surface area contributed by atoms with Crippen LogP contribution in [0.15, 0.2) is 18.2 Å². The fourth-order valence-electron chi connectivity index (χ4n) is 4.21. The van der Waals surface area contributed by atoms with E-state index in [1.54, 1.807) is 0 Å². The number of benzene rings is 1. The fraction of sp³-hybridized carbons (Fsp3) is 0.562. The van der Waals surface area contributed by atoms with Crippen molar-refractivity contribution in [3.8, 4) is 5.75 Å². The van der Waals surface area contributed by atoms with E-state index in [1.807, 2.05) is 18.2 Å². The molecule has 1 aromatic rings. The number of nitrogens with two attached hydrogens (primary N) is 1. The number of carbonyl (C=O) groups is 1. The molecular formula is C16H20N2O2. The molecule has 0 spiro atoms. The van der Waals surface area contributed by atoms with E-state index in [4.69, 9.17) is 10.5 Å². The number of hydrogen-bond donors (Lipinski definition) is 2. The molecular weight excluding hydrogens is 252 g/mol. The van der Waals surface area contributed by atoms with Gasteiger partial charge in [-0.05, 0) is 54.9 Å². The van der Waals surface area contributed by atoms with Crippen LogP contribution in [0.5, 0.6) is 5.75 Å². The van der Waals surface area contributed by atoms with Crippen LogP contribution in [0.3, 0.4) is 0 Å². The standard InChI is InChI=1S/C16H20N2O2/c17-15-11-2-1-10(7-11)14(15)16(19)18-12-3-4-13-9(8-12)5-6-20-13/h3-4,8,10-11,14-15H,1-2,5-7,17H2,(H,18,19). The van der Waals surface area contributed by atoms with Crippen molar-refractivity contribution < 1.29 is 9.53 Å². The SMILES string of the molecule is NC1C2CCC(C2)C1C(=O)Nc1ccc2c(c1)CCO2. The number of nitrogens with one attached hydrogen (secondary N) is 1. The van der Waals surface area contributed by atoms with Crippen LogP contribution in [-0.4, -0.2) is 18.6 Å². The fourth-order valence-corrected chi connectivity index (χ4v) is 4.21.